The van der Waals surface area contributed by atoms with Crippen LogP contribution in [0.2, 0.25) is 0 Å². The molecule has 0 unspecified atom stereocenters. The summed E-state index contributed by atoms with van der Waals surface area (Å²) in [5.74, 6) is 0.754. The van der Waals surface area contributed by atoms with Gasteiger partial charge in [0, 0.05) is 24.8 Å². The second kappa shape index (κ2) is 8.29. The quantitative estimate of drug-likeness (QED) is 0.665. The molecule has 2 aromatic carbocycles. The summed E-state index contributed by atoms with van der Waals surface area (Å²) < 4.78 is 7.00. The summed E-state index contributed by atoms with van der Waals surface area (Å²) in [5, 5.41) is 10.6. The van der Waals surface area contributed by atoms with Crippen molar-refractivity contribution in [3.8, 4) is 16.9 Å². The lowest BCUT2D eigenvalue weighted by molar-refractivity contribution is 0.0952. The number of rotatable bonds is 7. The van der Waals surface area contributed by atoms with Gasteiger partial charge in [0.2, 0.25) is 0 Å². The summed E-state index contributed by atoms with van der Waals surface area (Å²) in [4.78, 5) is 12.4. The van der Waals surface area contributed by atoms with Gasteiger partial charge >= 0.3 is 0 Å². The van der Waals surface area contributed by atoms with Crippen LogP contribution in [-0.4, -0.2) is 34.6 Å². The van der Waals surface area contributed by atoms with Crippen LogP contribution in [0.5, 0.6) is 5.75 Å². The molecular formula is C20H22N4O2. The van der Waals surface area contributed by atoms with Crippen molar-refractivity contribution in [3.63, 3.8) is 0 Å². The van der Waals surface area contributed by atoms with E-state index in [0.29, 0.717) is 12.1 Å². The molecule has 0 bridgehead atoms. The Labute approximate surface area is 152 Å². The lowest BCUT2D eigenvalue weighted by atomic mass is 9.98. The maximum absolute atomic E-state index is 12.4. The van der Waals surface area contributed by atoms with Crippen molar-refractivity contribution >= 4 is 5.91 Å². The largest absolute Gasteiger partial charge is 0.497 e. The van der Waals surface area contributed by atoms with E-state index in [-0.39, 0.29) is 5.91 Å². The van der Waals surface area contributed by atoms with Crippen molar-refractivity contribution in [2.75, 3.05) is 13.7 Å². The highest BCUT2D eigenvalue weighted by Crippen LogP contribution is 2.27. The predicted octanol–water partition coefficient (Wildman–Crippen LogP) is 3.08. The van der Waals surface area contributed by atoms with Crippen LogP contribution in [0.1, 0.15) is 22.3 Å². The van der Waals surface area contributed by atoms with Gasteiger partial charge in [-0.1, -0.05) is 23.4 Å². The third-order valence-corrected chi connectivity index (χ3v) is 4.19. The Balaban J connectivity index is 1.63. The first-order valence-electron chi connectivity index (χ1n) is 8.55. The van der Waals surface area contributed by atoms with E-state index in [1.807, 2.05) is 55.6 Å². The first-order valence-corrected chi connectivity index (χ1v) is 8.55. The molecule has 134 valence electrons. The van der Waals surface area contributed by atoms with Gasteiger partial charge in [0.25, 0.3) is 5.91 Å². The van der Waals surface area contributed by atoms with E-state index in [0.717, 1.165) is 35.4 Å². The fourth-order valence-electron chi connectivity index (χ4n) is 2.81. The van der Waals surface area contributed by atoms with Crippen molar-refractivity contribution in [2.45, 2.75) is 19.9 Å². The average molecular weight is 350 g/mol. The number of aryl methyl sites for hydroxylation is 2. The summed E-state index contributed by atoms with van der Waals surface area (Å²) in [6.45, 7) is 3.35. The maximum Gasteiger partial charge on any atom is 0.251 e. The minimum Gasteiger partial charge on any atom is -0.497 e. The second-order valence-corrected chi connectivity index (χ2v) is 6.04. The van der Waals surface area contributed by atoms with Crippen molar-refractivity contribution < 1.29 is 9.53 Å². The number of amides is 1. The van der Waals surface area contributed by atoms with Crippen LogP contribution >= 0.6 is 0 Å². The van der Waals surface area contributed by atoms with Crippen LogP contribution in [0.3, 0.4) is 0 Å². The van der Waals surface area contributed by atoms with Crippen LogP contribution in [0.25, 0.3) is 11.1 Å². The SMILES string of the molecule is COc1ccc(-c2cccc(C(=O)NCCCn3ccnn3)c2)c(C)c1. The summed E-state index contributed by atoms with van der Waals surface area (Å²) in [6.07, 6.45) is 4.25. The molecule has 3 rings (SSSR count). The van der Waals surface area contributed by atoms with Gasteiger partial charge in [-0.25, -0.2) is 0 Å². The molecule has 3 aromatic rings. The molecule has 0 aliphatic rings. The Bertz CT molecular complexity index is 875. The minimum absolute atomic E-state index is 0.0726. The number of nitrogens with one attached hydrogen (secondary N) is 1. The van der Waals surface area contributed by atoms with Crippen molar-refractivity contribution in [1.82, 2.24) is 20.3 Å². The van der Waals surface area contributed by atoms with Crippen LogP contribution in [0.4, 0.5) is 0 Å². The van der Waals surface area contributed by atoms with Gasteiger partial charge in [0.05, 0.1) is 13.3 Å². The van der Waals surface area contributed by atoms with Gasteiger partial charge in [-0.05, 0) is 54.3 Å². The molecule has 1 amide bonds. The van der Waals surface area contributed by atoms with E-state index < -0.39 is 0 Å². The lowest BCUT2D eigenvalue weighted by Crippen LogP contribution is -2.25. The zero-order valence-electron chi connectivity index (χ0n) is 15.0. The number of carbonyl (C=O) groups excluding carboxylic acids is 1. The fraction of sp³-hybridized carbons (Fsp3) is 0.250. The maximum atomic E-state index is 12.4. The number of carbonyl (C=O) groups is 1. The molecule has 6 heteroatoms. The van der Waals surface area contributed by atoms with E-state index >= 15 is 0 Å². The standard InChI is InChI=1S/C20H22N4O2/c1-15-13-18(26-2)7-8-19(15)16-5-3-6-17(14-16)20(25)21-9-4-11-24-12-10-22-23-24/h3,5-8,10,12-14H,4,9,11H2,1-2H3,(H,21,25). The van der Waals surface area contributed by atoms with Crippen LogP contribution in [0.15, 0.2) is 54.9 Å². The smallest absolute Gasteiger partial charge is 0.251 e. The Hall–Kier alpha value is -3.15. The zero-order valence-corrected chi connectivity index (χ0v) is 15.0. The first-order chi connectivity index (χ1) is 12.7. The molecule has 1 N–H and O–H groups in total. The van der Waals surface area contributed by atoms with Crippen molar-refractivity contribution in [3.05, 3.63) is 66.0 Å². The van der Waals surface area contributed by atoms with Crippen molar-refractivity contribution in [1.29, 1.82) is 0 Å². The zero-order chi connectivity index (χ0) is 18.4. The molecule has 0 aliphatic heterocycles. The molecule has 0 saturated carbocycles. The highest BCUT2D eigenvalue weighted by molar-refractivity contribution is 5.95. The Morgan fingerprint density at radius 3 is 2.85 bits per heavy atom. The third-order valence-electron chi connectivity index (χ3n) is 4.19. The Morgan fingerprint density at radius 2 is 2.12 bits per heavy atom. The van der Waals surface area contributed by atoms with Gasteiger partial charge in [-0.15, -0.1) is 5.10 Å². The van der Waals surface area contributed by atoms with E-state index in [2.05, 4.69) is 15.6 Å². The Morgan fingerprint density at radius 1 is 1.23 bits per heavy atom. The monoisotopic (exact) mass is 350 g/mol. The number of methoxy groups -OCH3 is 1. The number of aromatic nitrogens is 3. The molecule has 6 nitrogen and oxygen atoms in total. The van der Waals surface area contributed by atoms with E-state index in [4.69, 9.17) is 4.74 Å². The van der Waals surface area contributed by atoms with Crippen LogP contribution in [0, 0.1) is 6.92 Å². The number of ether oxygens (including phenoxy) is 1. The predicted molar refractivity (Wildman–Crippen MR) is 100 cm³/mol. The summed E-state index contributed by atoms with van der Waals surface area (Å²) in [5.41, 5.74) is 3.86. The van der Waals surface area contributed by atoms with Crippen LogP contribution in [-0.2, 0) is 6.54 Å². The molecule has 0 aliphatic carbocycles. The molecular weight excluding hydrogens is 328 g/mol. The molecule has 0 saturated heterocycles. The molecule has 0 spiro atoms. The van der Waals surface area contributed by atoms with E-state index in [1.54, 1.807) is 18.0 Å². The highest BCUT2D eigenvalue weighted by atomic mass is 16.5. The second-order valence-electron chi connectivity index (χ2n) is 6.04. The summed E-state index contributed by atoms with van der Waals surface area (Å²) in [6, 6.07) is 13.6. The van der Waals surface area contributed by atoms with Gasteiger partial charge < -0.3 is 10.1 Å². The summed E-state index contributed by atoms with van der Waals surface area (Å²) in [7, 11) is 1.66. The minimum atomic E-state index is -0.0726. The highest BCUT2D eigenvalue weighted by Gasteiger charge is 2.09. The topological polar surface area (TPSA) is 69.0 Å². The van der Waals surface area contributed by atoms with Gasteiger partial charge in [-0.3, -0.25) is 9.48 Å². The van der Waals surface area contributed by atoms with Gasteiger partial charge in [0.1, 0.15) is 5.75 Å². The molecule has 1 aromatic heterocycles. The first kappa shape index (κ1) is 17.7. The lowest BCUT2D eigenvalue weighted by Gasteiger charge is -2.10. The number of nitrogens with zero attached hydrogens (tertiary/aromatic N) is 3. The number of hydrogen-bond donors (Lipinski definition) is 1. The molecule has 1 heterocycles. The molecule has 0 fully saturated rings. The Kier molecular flexibility index (Phi) is 5.63. The average Bonchev–Trinajstić information content (AvgIpc) is 3.18. The van der Waals surface area contributed by atoms with Crippen molar-refractivity contribution in [2.24, 2.45) is 0 Å². The van der Waals surface area contributed by atoms with E-state index in [1.165, 1.54) is 0 Å². The van der Waals surface area contributed by atoms with E-state index in [9.17, 15) is 4.79 Å². The number of benzene rings is 2. The normalized spacial score (nSPS) is 10.5. The molecule has 0 atom stereocenters. The van der Waals surface area contributed by atoms with Gasteiger partial charge in [-0.2, -0.15) is 0 Å². The molecule has 0 radical (unpaired) electrons. The fourth-order valence-corrected chi connectivity index (χ4v) is 2.81. The van der Waals surface area contributed by atoms with Crippen LogP contribution < -0.4 is 10.1 Å². The number of hydrogen-bond acceptors (Lipinski definition) is 4. The van der Waals surface area contributed by atoms with Gasteiger partial charge in [0.15, 0.2) is 0 Å². The molecule has 26 heavy (non-hydrogen) atoms. The summed E-state index contributed by atoms with van der Waals surface area (Å²) >= 11 is 0. The third kappa shape index (κ3) is 4.27.